The van der Waals surface area contributed by atoms with Gasteiger partial charge in [0.25, 0.3) is 0 Å². The molecular weight excluding hydrogens is 218 g/mol. The normalized spacial score (nSPS) is 29.0. The number of nitrogens with one attached hydrogen (secondary N) is 1. The first-order chi connectivity index (χ1) is 8.10. The number of piperidine rings is 1. The third-order valence-corrected chi connectivity index (χ3v) is 3.16. The van der Waals surface area contributed by atoms with E-state index in [1.807, 2.05) is 31.2 Å². The van der Waals surface area contributed by atoms with Crippen LogP contribution in [-0.2, 0) is 0 Å². The van der Waals surface area contributed by atoms with Crippen LogP contribution in [0.4, 0.5) is 0 Å². The van der Waals surface area contributed by atoms with E-state index in [1.54, 1.807) is 0 Å². The summed E-state index contributed by atoms with van der Waals surface area (Å²) in [5.41, 5.74) is -0.0289. The summed E-state index contributed by atoms with van der Waals surface area (Å²) >= 11 is 0. The predicted octanol–water partition coefficient (Wildman–Crippen LogP) is 0.459. The van der Waals surface area contributed by atoms with Crippen LogP contribution in [0.3, 0.4) is 0 Å². The minimum Gasteiger partial charge on any atom is -0.490 e. The molecule has 3 N–H and O–H groups in total. The van der Waals surface area contributed by atoms with Crippen molar-refractivity contribution in [2.75, 3.05) is 19.7 Å². The van der Waals surface area contributed by atoms with Gasteiger partial charge in [-0.2, -0.15) is 0 Å². The Balaban J connectivity index is 1.94. The smallest absolute Gasteiger partial charge is 0.137 e. The van der Waals surface area contributed by atoms with Crippen molar-refractivity contribution in [3.8, 4) is 5.75 Å². The molecule has 4 nitrogen and oxygen atoms in total. The van der Waals surface area contributed by atoms with Crippen LogP contribution in [0.1, 0.15) is 12.0 Å². The first-order valence-corrected chi connectivity index (χ1v) is 5.91. The molecule has 0 radical (unpaired) electrons. The zero-order valence-electron chi connectivity index (χ0n) is 10.0. The summed E-state index contributed by atoms with van der Waals surface area (Å²) in [4.78, 5) is 0. The van der Waals surface area contributed by atoms with Crippen LogP contribution in [-0.4, -0.2) is 41.6 Å². The van der Waals surface area contributed by atoms with Gasteiger partial charge in [0.1, 0.15) is 18.0 Å². The Bertz CT molecular complexity index is 365. The minimum atomic E-state index is -1.19. The molecular formula is C13H19NO3. The number of rotatable bonds is 3. The van der Waals surface area contributed by atoms with Gasteiger partial charge in [-0.25, -0.2) is 0 Å². The molecule has 1 saturated heterocycles. The maximum atomic E-state index is 10.2. The van der Waals surface area contributed by atoms with Crippen molar-refractivity contribution in [2.24, 2.45) is 0 Å². The second-order valence-electron chi connectivity index (χ2n) is 4.69. The number of aliphatic hydroxyl groups excluding tert-OH is 1. The third-order valence-electron chi connectivity index (χ3n) is 3.16. The van der Waals surface area contributed by atoms with E-state index in [2.05, 4.69) is 5.32 Å². The van der Waals surface area contributed by atoms with Crippen molar-refractivity contribution < 1.29 is 14.9 Å². The lowest BCUT2D eigenvalue weighted by atomic mass is 9.92. The van der Waals surface area contributed by atoms with Gasteiger partial charge >= 0.3 is 0 Å². The Hall–Kier alpha value is -1.10. The summed E-state index contributed by atoms with van der Waals surface area (Å²) in [6.07, 6.45) is -0.178. The van der Waals surface area contributed by atoms with E-state index in [1.165, 1.54) is 0 Å². The Morgan fingerprint density at radius 3 is 2.76 bits per heavy atom. The van der Waals surface area contributed by atoms with E-state index in [-0.39, 0.29) is 6.61 Å². The van der Waals surface area contributed by atoms with E-state index in [9.17, 15) is 10.2 Å². The molecule has 1 fully saturated rings. The molecule has 17 heavy (non-hydrogen) atoms. The van der Waals surface area contributed by atoms with Crippen LogP contribution < -0.4 is 10.1 Å². The van der Waals surface area contributed by atoms with Gasteiger partial charge < -0.3 is 20.3 Å². The standard InChI is InChI=1S/C13H19NO3/c1-10-2-4-11(5-3-10)17-9-13(16)8-14-7-6-12(13)15/h2-5,12,14-16H,6-9H2,1H3/t12-,13-/m0/s1. The first-order valence-electron chi connectivity index (χ1n) is 5.91. The third kappa shape index (κ3) is 2.97. The van der Waals surface area contributed by atoms with Crippen LogP contribution in [0.15, 0.2) is 24.3 Å². The summed E-state index contributed by atoms with van der Waals surface area (Å²) in [6, 6.07) is 7.63. The van der Waals surface area contributed by atoms with E-state index < -0.39 is 11.7 Å². The van der Waals surface area contributed by atoms with Gasteiger partial charge in [0.05, 0.1) is 6.10 Å². The molecule has 94 valence electrons. The van der Waals surface area contributed by atoms with Crippen LogP contribution in [0.2, 0.25) is 0 Å². The number of aliphatic hydroxyl groups is 2. The molecule has 2 atom stereocenters. The number of β-amino-alcohol motifs (C(OH)–C–C–N with tert-alkyl or cyclic N) is 1. The lowest BCUT2D eigenvalue weighted by molar-refractivity contribution is -0.111. The molecule has 1 aromatic rings. The van der Waals surface area contributed by atoms with E-state index in [0.29, 0.717) is 18.7 Å². The predicted molar refractivity (Wildman–Crippen MR) is 65.1 cm³/mol. The first kappa shape index (κ1) is 12.4. The van der Waals surface area contributed by atoms with Crippen molar-refractivity contribution >= 4 is 0 Å². The second-order valence-corrected chi connectivity index (χ2v) is 4.69. The molecule has 0 spiro atoms. The van der Waals surface area contributed by atoms with Gasteiger partial charge in [-0.1, -0.05) is 17.7 Å². The summed E-state index contributed by atoms with van der Waals surface area (Å²) < 4.78 is 5.52. The highest BCUT2D eigenvalue weighted by Crippen LogP contribution is 2.19. The maximum Gasteiger partial charge on any atom is 0.137 e. The fourth-order valence-corrected chi connectivity index (χ4v) is 1.92. The van der Waals surface area contributed by atoms with Gasteiger partial charge in [-0.3, -0.25) is 0 Å². The molecule has 0 unspecified atom stereocenters. The number of hydrogen-bond donors (Lipinski definition) is 3. The summed E-state index contributed by atoms with van der Waals surface area (Å²) in [6.45, 7) is 3.20. The van der Waals surface area contributed by atoms with Crippen molar-refractivity contribution in [3.63, 3.8) is 0 Å². The van der Waals surface area contributed by atoms with Crippen LogP contribution in [0.25, 0.3) is 0 Å². The zero-order chi connectivity index (χ0) is 12.3. The highest BCUT2D eigenvalue weighted by molar-refractivity contribution is 5.26. The van der Waals surface area contributed by atoms with E-state index in [4.69, 9.17) is 4.74 Å². The molecule has 0 saturated carbocycles. The Kier molecular flexibility index (Phi) is 3.66. The Morgan fingerprint density at radius 2 is 2.12 bits per heavy atom. The molecule has 0 amide bonds. The highest BCUT2D eigenvalue weighted by atomic mass is 16.5. The molecule has 1 heterocycles. The SMILES string of the molecule is Cc1ccc(OC[C@@]2(O)CNCC[C@@H]2O)cc1. The zero-order valence-corrected chi connectivity index (χ0v) is 10.0. The quantitative estimate of drug-likeness (QED) is 0.714. The highest BCUT2D eigenvalue weighted by Gasteiger charge is 2.38. The number of ether oxygens (including phenoxy) is 1. The lowest BCUT2D eigenvalue weighted by Crippen LogP contribution is -2.58. The van der Waals surface area contributed by atoms with E-state index in [0.717, 1.165) is 12.1 Å². The number of benzene rings is 1. The Morgan fingerprint density at radius 1 is 1.41 bits per heavy atom. The van der Waals surface area contributed by atoms with Gasteiger partial charge in [0.2, 0.25) is 0 Å². The molecule has 0 bridgehead atoms. The van der Waals surface area contributed by atoms with Crippen molar-refractivity contribution in [1.82, 2.24) is 5.32 Å². The van der Waals surface area contributed by atoms with Crippen LogP contribution >= 0.6 is 0 Å². The molecule has 4 heteroatoms. The van der Waals surface area contributed by atoms with Gasteiger partial charge in [0, 0.05) is 6.54 Å². The van der Waals surface area contributed by atoms with Crippen molar-refractivity contribution in [2.45, 2.75) is 25.0 Å². The largest absolute Gasteiger partial charge is 0.490 e. The minimum absolute atomic E-state index is 0.101. The molecule has 1 aliphatic heterocycles. The van der Waals surface area contributed by atoms with Gasteiger partial charge in [-0.05, 0) is 32.0 Å². The maximum absolute atomic E-state index is 10.2. The summed E-state index contributed by atoms with van der Waals surface area (Å²) in [5.74, 6) is 0.710. The monoisotopic (exact) mass is 237 g/mol. The average molecular weight is 237 g/mol. The fraction of sp³-hybridized carbons (Fsp3) is 0.538. The molecule has 0 aliphatic carbocycles. The lowest BCUT2D eigenvalue weighted by Gasteiger charge is -2.36. The fourth-order valence-electron chi connectivity index (χ4n) is 1.92. The average Bonchev–Trinajstić information content (AvgIpc) is 2.33. The molecule has 1 aliphatic rings. The number of aryl methyl sites for hydroxylation is 1. The number of hydrogen-bond acceptors (Lipinski definition) is 4. The molecule has 2 rings (SSSR count). The van der Waals surface area contributed by atoms with Crippen LogP contribution in [0.5, 0.6) is 5.75 Å². The Labute approximate surface area is 101 Å². The molecule has 0 aromatic heterocycles. The van der Waals surface area contributed by atoms with Crippen molar-refractivity contribution in [1.29, 1.82) is 0 Å². The van der Waals surface area contributed by atoms with E-state index >= 15 is 0 Å². The summed E-state index contributed by atoms with van der Waals surface area (Å²) in [7, 11) is 0. The second kappa shape index (κ2) is 5.04. The van der Waals surface area contributed by atoms with Gasteiger partial charge in [-0.15, -0.1) is 0 Å². The topological polar surface area (TPSA) is 61.7 Å². The van der Waals surface area contributed by atoms with Crippen molar-refractivity contribution in [3.05, 3.63) is 29.8 Å². The van der Waals surface area contributed by atoms with Crippen LogP contribution in [0, 0.1) is 6.92 Å². The molecule has 1 aromatic carbocycles. The van der Waals surface area contributed by atoms with Gasteiger partial charge in [0.15, 0.2) is 0 Å². The summed E-state index contributed by atoms with van der Waals surface area (Å²) in [5, 5.41) is 23.1.